The normalized spacial score (nSPS) is 20.0. The molecule has 1 atom stereocenters. The Kier molecular flexibility index (Phi) is 5.42. The minimum absolute atomic E-state index is 0.127. The van der Waals surface area contributed by atoms with E-state index in [0.717, 1.165) is 11.3 Å². The number of anilines is 1. The monoisotopic (exact) mass is 355 g/mol. The maximum absolute atomic E-state index is 12.7. The second-order valence-corrected chi connectivity index (χ2v) is 6.91. The highest BCUT2D eigenvalue weighted by molar-refractivity contribution is 5.94. The number of rotatable bonds is 6. The molecule has 1 aromatic carbocycles. The van der Waals surface area contributed by atoms with Gasteiger partial charge in [-0.1, -0.05) is 6.07 Å². The maximum atomic E-state index is 12.7. The summed E-state index contributed by atoms with van der Waals surface area (Å²) in [6, 6.07) is 11.0. The van der Waals surface area contributed by atoms with Crippen LogP contribution in [0.2, 0.25) is 0 Å². The minimum atomic E-state index is -0.287. The first-order valence-electron chi connectivity index (χ1n) is 8.74. The van der Waals surface area contributed by atoms with Gasteiger partial charge in [0.25, 0.3) is 5.91 Å². The van der Waals surface area contributed by atoms with E-state index in [2.05, 4.69) is 10.3 Å². The Balaban J connectivity index is 1.77. The van der Waals surface area contributed by atoms with Crippen molar-refractivity contribution in [2.75, 3.05) is 26.1 Å². The Morgan fingerprint density at radius 1 is 1.23 bits per heavy atom. The molecule has 3 rings (SSSR count). The van der Waals surface area contributed by atoms with Crippen LogP contribution < -0.4 is 15.0 Å². The van der Waals surface area contributed by atoms with Gasteiger partial charge in [-0.15, -0.1) is 0 Å². The topological polar surface area (TPSA) is 74.7 Å². The molecular formula is C20H25N3O3. The number of benzene rings is 1. The van der Waals surface area contributed by atoms with E-state index in [1.54, 1.807) is 19.4 Å². The maximum Gasteiger partial charge on any atom is 0.251 e. The number of hydrogen-bond acceptors (Lipinski definition) is 5. The molecule has 0 saturated heterocycles. The first kappa shape index (κ1) is 18.2. The second kappa shape index (κ2) is 7.74. The van der Waals surface area contributed by atoms with Crippen LogP contribution in [0.15, 0.2) is 42.6 Å². The van der Waals surface area contributed by atoms with Crippen molar-refractivity contribution in [1.29, 1.82) is 0 Å². The molecule has 1 aliphatic carbocycles. The van der Waals surface area contributed by atoms with Gasteiger partial charge in [-0.3, -0.25) is 4.79 Å². The lowest BCUT2D eigenvalue weighted by atomic mass is 9.75. The van der Waals surface area contributed by atoms with Crippen molar-refractivity contribution in [3.63, 3.8) is 0 Å². The number of aliphatic hydroxyl groups excluding tert-OH is 1. The molecule has 0 unspecified atom stereocenters. The van der Waals surface area contributed by atoms with Crippen molar-refractivity contribution in [3.8, 4) is 5.88 Å². The van der Waals surface area contributed by atoms with E-state index in [1.165, 1.54) is 0 Å². The molecule has 0 spiro atoms. The van der Waals surface area contributed by atoms with Gasteiger partial charge < -0.3 is 20.1 Å². The van der Waals surface area contributed by atoms with Crippen LogP contribution in [0.4, 0.5) is 5.69 Å². The van der Waals surface area contributed by atoms with Gasteiger partial charge in [-0.05, 0) is 48.6 Å². The predicted molar refractivity (Wildman–Crippen MR) is 100 cm³/mol. The molecule has 1 amide bonds. The number of ether oxygens (including phenoxy) is 1. The number of methoxy groups -OCH3 is 1. The Morgan fingerprint density at radius 2 is 1.92 bits per heavy atom. The molecule has 1 fully saturated rings. The van der Waals surface area contributed by atoms with Crippen LogP contribution in [0.1, 0.15) is 34.8 Å². The zero-order valence-electron chi connectivity index (χ0n) is 15.3. The van der Waals surface area contributed by atoms with Crippen molar-refractivity contribution in [1.82, 2.24) is 10.3 Å². The third-order valence-electron chi connectivity index (χ3n) is 4.88. The lowest BCUT2D eigenvalue weighted by molar-refractivity contribution is 0.0234. The van der Waals surface area contributed by atoms with Crippen molar-refractivity contribution >= 4 is 11.6 Å². The lowest BCUT2D eigenvalue weighted by Crippen LogP contribution is -2.41. The number of nitrogens with zero attached hydrogens (tertiary/aromatic N) is 2. The van der Waals surface area contributed by atoms with E-state index in [4.69, 9.17) is 4.74 Å². The van der Waals surface area contributed by atoms with Crippen LogP contribution >= 0.6 is 0 Å². The van der Waals surface area contributed by atoms with Crippen molar-refractivity contribution in [2.45, 2.75) is 25.0 Å². The van der Waals surface area contributed by atoms with Crippen LogP contribution in [0.3, 0.4) is 0 Å². The smallest absolute Gasteiger partial charge is 0.251 e. The predicted octanol–water partition coefficient (Wildman–Crippen LogP) is 2.40. The molecule has 1 heterocycles. The Hall–Kier alpha value is -2.60. The minimum Gasteiger partial charge on any atom is -0.481 e. The van der Waals surface area contributed by atoms with Gasteiger partial charge in [0.15, 0.2) is 0 Å². The van der Waals surface area contributed by atoms with Crippen LogP contribution in [0.25, 0.3) is 0 Å². The number of nitrogens with one attached hydrogen (secondary N) is 1. The summed E-state index contributed by atoms with van der Waals surface area (Å²) < 4.78 is 5.11. The SMILES string of the molecule is COc1ccc([C@H](NC(=O)c2ccc(N(C)C)cc2)C2CC(O)C2)cn1. The number of aliphatic hydroxyl groups is 1. The largest absolute Gasteiger partial charge is 0.481 e. The number of carbonyl (C=O) groups excluding carboxylic acids is 1. The van der Waals surface area contributed by atoms with E-state index in [9.17, 15) is 9.90 Å². The molecule has 1 aliphatic rings. The van der Waals surface area contributed by atoms with Crippen LogP contribution in [0, 0.1) is 5.92 Å². The van der Waals surface area contributed by atoms with Gasteiger partial charge in [0.1, 0.15) is 0 Å². The summed E-state index contributed by atoms with van der Waals surface area (Å²) in [5, 5.41) is 12.8. The Bertz CT molecular complexity index is 738. The van der Waals surface area contributed by atoms with E-state index >= 15 is 0 Å². The van der Waals surface area contributed by atoms with E-state index in [1.807, 2.05) is 49.3 Å². The zero-order valence-corrected chi connectivity index (χ0v) is 15.3. The van der Waals surface area contributed by atoms with Crippen molar-refractivity contribution in [2.24, 2.45) is 5.92 Å². The molecule has 26 heavy (non-hydrogen) atoms. The molecule has 0 aliphatic heterocycles. The fourth-order valence-corrected chi connectivity index (χ4v) is 3.21. The van der Waals surface area contributed by atoms with Crippen LogP contribution in [-0.2, 0) is 0 Å². The molecule has 0 bridgehead atoms. The number of aromatic nitrogens is 1. The van der Waals surface area contributed by atoms with Crippen molar-refractivity contribution in [3.05, 3.63) is 53.7 Å². The summed E-state index contributed by atoms with van der Waals surface area (Å²) in [6.07, 6.45) is 2.79. The summed E-state index contributed by atoms with van der Waals surface area (Å²) >= 11 is 0. The third kappa shape index (κ3) is 3.96. The molecular weight excluding hydrogens is 330 g/mol. The van der Waals surface area contributed by atoms with Crippen LogP contribution in [0.5, 0.6) is 5.88 Å². The third-order valence-corrected chi connectivity index (χ3v) is 4.88. The average Bonchev–Trinajstić information content (AvgIpc) is 2.64. The lowest BCUT2D eigenvalue weighted by Gasteiger charge is -2.38. The number of hydrogen-bond donors (Lipinski definition) is 2. The van der Waals surface area contributed by atoms with Gasteiger partial charge in [-0.2, -0.15) is 0 Å². The van der Waals surface area contributed by atoms with E-state index in [0.29, 0.717) is 24.3 Å². The van der Waals surface area contributed by atoms with Gasteiger partial charge in [0.2, 0.25) is 5.88 Å². The van der Waals surface area contributed by atoms with Gasteiger partial charge in [0.05, 0.1) is 19.3 Å². The van der Waals surface area contributed by atoms with Crippen LogP contribution in [-0.4, -0.2) is 43.3 Å². The molecule has 0 radical (unpaired) electrons. The summed E-state index contributed by atoms with van der Waals surface area (Å²) in [6.45, 7) is 0. The first-order valence-corrected chi connectivity index (χ1v) is 8.74. The highest BCUT2D eigenvalue weighted by atomic mass is 16.5. The summed E-state index contributed by atoms with van der Waals surface area (Å²) in [5.41, 5.74) is 2.57. The highest BCUT2D eigenvalue weighted by Crippen LogP contribution is 2.38. The molecule has 138 valence electrons. The summed E-state index contributed by atoms with van der Waals surface area (Å²) in [4.78, 5) is 19.0. The molecule has 6 heteroatoms. The number of pyridine rings is 1. The summed E-state index contributed by atoms with van der Waals surface area (Å²) in [5.74, 6) is 0.606. The molecule has 6 nitrogen and oxygen atoms in total. The molecule has 1 saturated carbocycles. The van der Waals surface area contributed by atoms with Gasteiger partial charge >= 0.3 is 0 Å². The van der Waals surface area contributed by atoms with Crippen molar-refractivity contribution < 1.29 is 14.6 Å². The average molecular weight is 355 g/mol. The Morgan fingerprint density at radius 3 is 2.42 bits per heavy atom. The molecule has 2 aromatic rings. The number of carbonyl (C=O) groups is 1. The Labute approximate surface area is 153 Å². The summed E-state index contributed by atoms with van der Waals surface area (Å²) in [7, 11) is 5.49. The first-order chi connectivity index (χ1) is 12.5. The second-order valence-electron chi connectivity index (χ2n) is 6.91. The zero-order chi connectivity index (χ0) is 18.7. The fraction of sp³-hybridized carbons (Fsp3) is 0.400. The molecule has 1 aromatic heterocycles. The van der Waals surface area contributed by atoms with E-state index in [-0.39, 0.29) is 24.0 Å². The fourth-order valence-electron chi connectivity index (χ4n) is 3.21. The standard InChI is InChI=1S/C20H25N3O3/c1-23(2)16-7-4-13(5-8-16)20(25)22-19(15-10-17(24)11-15)14-6-9-18(26-3)21-12-14/h4-9,12,15,17,19,24H,10-11H2,1-3H3,(H,22,25)/t15?,17?,19-/m0/s1. The van der Waals surface area contributed by atoms with Gasteiger partial charge in [-0.25, -0.2) is 4.98 Å². The highest BCUT2D eigenvalue weighted by Gasteiger charge is 2.36. The van der Waals surface area contributed by atoms with Gasteiger partial charge in [0, 0.05) is 37.6 Å². The quantitative estimate of drug-likeness (QED) is 0.832. The molecule has 2 N–H and O–H groups in total. The van der Waals surface area contributed by atoms with E-state index < -0.39 is 0 Å². The number of amides is 1.